The van der Waals surface area contributed by atoms with E-state index in [1.54, 1.807) is 25.1 Å². The Morgan fingerprint density at radius 2 is 2.04 bits per heavy atom. The van der Waals surface area contributed by atoms with E-state index in [2.05, 4.69) is 5.32 Å². The lowest BCUT2D eigenvalue weighted by molar-refractivity contribution is 0.0694. The minimum Gasteiger partial charge on any atom is -0.478 e. The van der Waals surface area contributed by atoms with Crippen LogP contribution in [0.4, 0.5) is 0 Å². The molecule has 0 atom stereocenters. The number of amides is 1. The molecule has 1 amide bonds. The third kappa shape index (κ3) is 5.22. The van der Waals surface area contributed by atoms with E-state index in [-0.39, 0.29) is 36.8 Å². The molecule has 0 aliphatic carbocycles. The van der Waals surface area contributed by atoms with Gasteiger partial charge in [0.2, 0.25) is 0 Å². The van der Waals surface area contributed by atoms with Gasteiger partial charge in [-0.15, -0.1) is 0 Å². The molecule has 1 heterocycles. The molecule has 1 aromatic carbocycles. The molecule has 0 unspecified atom stereocenters. The lowest BCUT2D eigenvalue weighted by atomic mass is 10.2. The molecule has 2 N–H and O–H groups in total. The molecular weight excluding hydrogens is 369 g/mol. The molecule has 1 aromatic heterocycles. The van der Waals surface area contributed by atoms with Crippen LogP contribution in [-0.2, 0) is 17.8 Å². The highest BCUT2D eigenvalue weighted by Gasteiger charge is 2.19. The maximum Gasteiger partial charge on any atom is 0.339 e. The minimum atomic E-state index is -1.12. The van der Waals surface area contributed by atoms with Gasteiger partial charge in [-0.1, -0.05) is 36.2 Å². The molecule has 8 heteroatoms. The number of aryl methyl sites for hydroxylation is 1. The number of carboxylic acid groups (broad SMARTS) is 1. The molecule has 0 saturated carbocycles. The number of nitrogens with one attached hydrogen (secondary N) is 1. The first-order chi connectivity index (χ1) is 11.9. The second-order valence-corrected chi connectivity index (χ2v) is 5.99. The molecule has 25 heavy (non-hydrogen) atoms. The highest BCUT2D eigenvalue weighted by Crippen LogP contribution is 2.21. The van der Waals surface area contributed by atoms with Crippen molar-refractivity contribution >= 4 is 35.1 Å². The molecule has 0 spiro atoms. The second-order valence-electron chi connectivity index (χ2n) is 5.15. The molecule has 0 radical (unpaired) electrons. The predicted octanol–water partition coefficient (Wildman–Crippen LogP) is 3.79. The Hall–Kier alpha value is -2.02. The monoisotopic (exact) mass is 385 g/mol. The SMILES string of the molecule is CCc1oc(C(=O)NCCOCc2ccc(Cl)cc2Cl)cc1C(=O)O. The van der Waals surface area contributed by atoms with Crippen molar-refractivity contribution in [2.24, 2.45) is 0 Å². The molecule has 6 nitrogen and oxygen atoms in total. The van der Waals surface area contributed by atoms with Crippen molar-refractivity contribution in [1.82, 2.24) is 5.32 Å². The Labute approximate surface area is 154 Å². The van der Waals surface area contributed by atoms with Crippen molar-refractivity contribution in [3.8, 4) is 0 Å². The van der Waals surface area contributed by atoms with Crippen LogP contribution in [0.2, 0.25) is 10.0 Å². The number of aromatic carboxylic acids is 1. The van der Waals surface area contributed by atoms with E-state index in [9.17, 15) is 9.59 Å². The van der Waals surface area contributed by atoms with Crippen molar-refractivity contribution < 1.29 is 23.8 Å². The maximum atomic E-state index is 12.0. The first kappa shape index (κ1) is 19.3. The van der Waals surface area contributed by atoms with Crippen LogP contribution < -0.4 is 5.32 Å². The third-order valence-corrected chi connectivity index (χ3v) is 3.98. The number of carboxylic acids is 1. The molecule has 2 aromatic rings. The zero-order valence-corrected chi connectivity index (χ0v) is 15.0. The second kappa shape index (κ2) is 8.89. The first-order valence-electron chi connectivity index (χ1n) is 7.58. The third-order valence-electron chi connectivity index (χ3n) is 3.39. The Bertz CT molecular complexity index is 772. The zero-order chi connectivity index (χ0) is 18.4. The van der Waals surface area contributed by atoms with Gasteiger partial charge < -0.3 is 19.6 Å². The zero-order valence-electron chi connectivity index (χ0n) is 13.5. The molecule has 134 valence electrons. The fourth-order valence-electron chi connectivity index (χ4n) is 2.13. The molecule has 2 rings (SSSR count). The summed E-state index contributed by atoms with van der Waals surface area (Å²) in [7, 11) is 0. The van der Waals surface area contributed by atoms with E-state index in [1.807, 2.05) is 0 Å². The van der Waals surface area contributed by atoms with E-state index < -0.39 is 11.9 Å². The van der Waals surface area contributed by atoms with Crippen LogP contribution >= 0.6 is 23.2 Å². The van der Waals surface area contributed by atoms with Crippen LogP contribution in [0, 0.1) is 0 Å². The lowest BCUT2D eigenvalue weighted by Crippen LogP contribution is -2.26. The fourth-order valence-corrected chi connectivity index (χ4v) is 2.59. The van der Waals surface area contributed by atoms with E-state index in [4.69, 9.17) is 37.5 Å². The van der Waals surface area contributed by atoms with Gasteiger partial charge in [-0.3, -0.25) is 4.79 Å². The number of benzene rings is 1. The fraction of sp³-hybridized carbons (Fsp3) is 0.294. The first-order valence-corrected chi connectivity index (χ1v) is 8.33. The smallest absolute Gasteiger partial charge is 0.339 e. The summed E-state index contributed by atoms with van der Waals surface area (Å²) in [5, 5.41) is 12.7. The lowest BCUT2D eigenvalue weighted by Gasteiger charge is -2.07. The van der Waals surface area contributed by atoms with Crippen LogP contribution in [0.1, 0.15) is 39.2 Å². The van der Waals surface area contributed by atoms with E-state index in [1.165, 1.54) is 6.07 Å². The predicted molar refractivity (Wildman–Crippen MR) is 93.5 cm³/mol. The summed E-state index contributed by atoms with van der Waals surface area (Å²) >= 11 is 11.9. The van der Waals surface area contributed by atoms with Crippen molar-refractivity contribution in [2.45, 2.75) is 20.0 Å². The summed E-state index contributed by atoms with van der Waals surface area (Å²) < 4.78 is 10.7. The van der Waals surface area contributed by atoms with Crippen LogP contribution in [0.5, 0.6) is 0 Å². The summed E-state index contributed by atoms with van der Waals surface area (Å²) in [5.41, 5.74) is 0.795. The van der Waals surface area contributed by atoms with E-state index in [0.717, 1.165) is 5.56 Å². The molecule has 0 bridgehead atoms. The average Bonchev–Trinajstić information content (AvgIpc) is 3.01. The van der Waals surface area contributed by atoms with Crippen LogP contribution in [0.15, 0.2) is 28.7 Å². The largest absolute Gasteiger partial charge is 0.478 e. The Kier molecular flexibility index (Phi) is 6.87. The Morgan fingerprint density at radius 1 is 1.28 bits per heavy atom. The maximum absolute atomic E-state index is 12.0. The van der Waals surface area contributed by atoms with Crippen molar-refractivity contribution in [2.75, 3.05) is 13.2 Å². The molecule has 0 fully saturated rings. The van der Waals surface area contributed by atoms with Gasteiger partial charge in [0, 0.05) is 29.1 Å². The topological polar surface area (TPSA) is 88.8 Å². The van der Waals surface area contributed by atoms with Crippen molar-refractivity contribution in [1.29, 1.82) is 0 Å². The van der Waals surface area contributed by atoms with Crippen molar-refractivity contribution in [3.63, 3.8) is 0 Å². The number of ether oxygens (including phenoxy) is 1. The van der Waals surface area contributed by atoms with Crippen molar-refractivity contribution in [3.05, 3.63) is 57.0 Å². The number of hydrogen-bond donors (Lipinski definition) is 2. The average molecular weight is 386 g/mol. The number of furan rings is 1. The number of halogens is 2. The number of hydrogen-bond acceptors (Lipinski definition) is 4. The van der Waals surface area contributed by atoms with Gasteiger partial charge in [0.05, 0.1) is 13.2 Å². The van der Waals surface area contributed by atoms with Crippen LogP contribution in [0.3, 0.4) is 0 Å². The molecule has 0 aliphatic rings. The van der Waals surface area contributed by atoms with Gasteiger partial charge in [-0.25, -0.2) is 4.79 Å². The van der Waals surface area contributed by atoms with Gasteiger partial charge in [0.25, 0.3) is 5.91 Å². The molecule has 0 saturated heterocycles. The molecule has 0 aliphatic heterocycles. The van der Waals surface area contributed by atoms with Crippen LogP contribution in [-0.4, -0.2) is 30.1 Å². The Balaban J connectivity index is 1.80. The molecular formula is C17H17Cl2NO5. The van der Waals surface area contributed by atoms with Gasteiger partial charge in [-0.05, 0) is 17.7 Å². The van der Waals surface area contributed by atoms with Gasteiger partial charge >= 0.3 is 5.97 Å². The highest BCUT2D eigenvalue weighted by atomic mass is 35.5. The number of rotatable bonds is 8. The quantitative estimate of drug-likeness (QED) is 0.674. The Morgan fingerprint density at radius 3 is 2.64 bits per heavy atom. The van der Waals surface area contributed by atoms with Gasteiger partial charge in [-0.2, -0.15) is 0 Å². The van der Waals surface area contributed by atoms with Gasteiger partial charge in [0.1, 0.15) is 11.3 Å². The van der Waals surface area contributed by atoms with E-state index >= 15 is 0 Å². The number of carbonyl (C=O) groups excluding carboxylic acids is 1. The summed E-state index contributed by atoms with van der Waals surface area (Å²) in [4.78, 5) is 23.1. The standard InChI is InChI=1S/C17H17Cl2NO5/c1-2-14-12(17(22)23)8-15(25-14)16(21)20-5-6-24-9-10-3-4-11(18)7-13(10)19/h3-4,7-8H,2,5-6,9H2,1H3,(H,20,21)(H,22,23). The van der Waals surface area contributed by atoms with Gasteiger partial charge in [0.15, 0.2) is 5.76 Å². The number of carbonyl (C=O) groups is 2. The van der Waals surface area contributed by atoms with Crippen LogP contribution in [0.25, 0.3) is 0 Å². The normalized spacial score (nSPS) is 10.7. The highest BCUT2D eigenvalue weighted by molar-refractivity contribution is 6.35. The summed E-state index contributed by atoms with van der Waals surface area (Å²) in [6.07, 6.45) is 0.389. The minimum absolute atomic E-state index is 0.00119. The summed E-state index contributed by atoms with van der Waals surface area (Å²) in [6, 6.07) is 6.35. The summed E-state index contributed by atoms with van der Waals surface area (Å²) in [5.74, 6) is -1.38. The summed E-state index contributed by atoms with van der Waals surface area (Å²) in [6.45, 7) is 2.55. The van der Waals surface area contributed by atoms with E-state index in [0.29, 0.717) is 16.5 Å².